The molecular formula is C18H15BrF3NO4. The summed E-state index contributed by atoms with van der Waals surface area (Å²) in [4.78, 5) is 25.4. The van der Waals surface area contributed by atoms with Crippen LogP contribution in [0.4, 0.5) is 13.2 Å². The molecule has 9 heteroatoms. The standard InChI is InChI=1S/C18H15BrF3NO4/c1-23(9-11-2-5-13(6-3-11)27-18(21)22)16(24)10-26-17(25)14-7-4-12(20)8-15(14)19/h2-8,18H,9-10H2,1H3. The van der Waals surface area contributed by atoms with E-state index in [4.69, 9.17) is 4.74 Å². The lowest BCUT2D eigenvalue weighted by Crippen LogP contribution is -2.30. The van der Waals surface area contributed by atoms with Crippen molar-refractivity contribution in [1.29, 1.82) is 0 Å². The molecule has 2 rings (SSSR count). The van der Waals surface area contributed by atoms with Crippen LogP contribution in [0, 0.1) is 5.82 Å². The van der Waals surface area contributed by atoms with Gasteiger partial charge < -0.3 is 14.4 Å². The number of hydrogen-bond donors (Lipinski definition) is 0. The van der Waals surface area contributed by atoms with Gasteiger partial charge in [-0.1, -0.05) is 12.1 Å². The van der Waals surface area contributed by atoms with Gasteiger partial charge in [-0.3, -0.25) is 4.79 Å². The Bertz CT molecular complexity index is 815. The average Bonchev–Trinajstić information content (AvgIpc) is 2.60. The fourth-order valence-electron chi connectivity index (χ4n) is 2.11. The molecule has 2 aromatic rings. The smallest absolute Gasteiger partial charge is 0.387 e. The van der Waals surface area contributed by atoms with Gasteiger partial charge in [0.1, 0.15) is 11.6 Å². The van der Waals surface area contributed by atoms with Gasteiger partial charge in [-0.25, -0.2) is 9.18 Å². The molecule has 1 amide bonds. The second-order valence-electron chi connectivity index (χ2n) is 5.47. The minimum atomic E-state index is -2.91. The molecule has 27 heavy (non-hydrogen) atoms. The number of amides is 1. The van der Waals surface area contributed by atoms with Gasteiger partial charge in [0, 0.05) is 18.1 Å². The Hall–Kier alpha value is -2.55. The van der Waals surface area contributed by atoms with Gasteiger partial charge in [-0.05, 0) is 51.8 Å². The maximum absolute atomic E-state index is 13.0. The third-order valence-electron chi connectivity index (χ3n) is 3.47. The van der Waals surface area contributed by atoms with Gasteiger partial charge in [0.25, 0.3) is 5.91 Å². The first-order valence-electron chi connectivity index (χ1n) is 7.66. The highest BCUT2D eigenvalue weighted by molar-refractivity contribution is 9.10. The van der Waals surface area contributed by atoms with E-state index in [1.165, 1.54) is 30.1 Å². The van der Waals surface area contributed by atoms with Crippen molar-refractivity contribution in [3.8, 4) is 5.75 Å². The van der Waals surface area contributed by atoms with E-state index < -0.39 is 30.9 Å². The normalized spacial score (nSPS) is 10.6. The van der Waals surface area contributed by atoms with Crippen LogP contribution in [0.1, 0.15) is 15.9 Å². The SMILES string of the molecule is CN(Cc1ccc(OC(F)F)cc1)C(=O)COC(=O)c1ccc(F)cc1Br. The largest absolute Gasteiger partial charge is 0.452 e. The summed E-state index contributed by atoms with van der Waals surface area (Å²) in [6.07, 6.45) is 0. The minimum Gasteiger partial charge on any atom is -0.452 e. The molecule has 0 spiro atoms. The third kappa shape index (κ3) is 6.28. The topological polar surface area (TPSA) is 55.8 Å². The minimum absolute atomic E-state index is 0.0153. The third-order valence-corrected chi connectivity index (χ3v) is 4.13. The van der Waals surface area contributed by atoms with Gasteiger partial charge in [0.05, 0.1) is 5.56 Å². The van der Waals surface area contributed by atoms with E-state index in [0.29, 0.717) is 5.56 Å². The van der Waals surface area contributed by atoms with Crippen molar-refractivity contribution >= 4 is 27.8 Å². The lowest BCUT2D eigenvalue weighted by Gasteiger charge is -2.17. The molecule has 0 atom stereocenters. The van der Waals surface area contributed by atoms with Crippen molar-refractivity contribution in [3.63, 3.8) is 0 Å². The Kier molecular flexibility index (Phi) is 7.23. The number of benzene rings is 2. The number of ether oxygens (including phenoxy) is 2. The Labute approximate surface area is 161 Å². The Morgan fingerprint density at radius 3 is 2.41 bits per heavy atom. The summed E-state index contributed by atoms with van der Waals surface area (Å²) in [6.45, 7) is -3.21. The molecule has 0 saturated carbocycles. The highest BCUT2D eigenvalue weighted by Crippen LogP contribution is 2.19. The number of carbonyl (C=O) groups is 2. The Morgan fingerprint density at radius 1 is 1.15 bits per heavy atom. The van der Waals surface area contributed by atoms with E-state index in [2.05, 4.69) is 20.7 Å². The maximum atomic E-state index is 13.0. The lowest BCUT2D eigenvalue weighted by atomic mass is 10.2. The number of halogens is 4. The number of likely N-dealkylation sites (N-methyl/N-ethyl adjacent to an activating group) is 1. The van der Waals surface area contributed by atoms with Crippen molar-refractivity contribution in [2.75, 3.05) is 13.7 Å². The van der Waals surface area contributed by atoms with Gasteiger partial charge >= 0.3 is 12.6 Å². The summed E-state index contributed by atoms with van der Waals surface area (Å²) < 4.78 is 46.7. The van der Waals surface area contributed by atoms with Crippen molar-refractivity contribution < 1.29 is 32.2 Å². The van der Waals surface area contributed by atoms with Crippen molar-refractivity contribution in [2.24, 2.45) is 0 Å². The molecule has 0 fully saturated rings. The van der Waals surface area contributed by atoms with Crippen LogP contribution >= 0.6 is 15.9 Å². The van der Waals surface area contributed by atoms with Crippen LogP contribution in [-0.4, -0.2) is 37.0 Å². The van der Waals surface area contributed by atoms with Gasteiger partial charge in [-0.2, -0.15) is 8.78 Å². The molecule has 0 unspecified atom stereocenters. The van der Waals surface area contributed by atoms with Gasteiger partial charge in [0.2, 0.25) is 0 Å². The maximum Gasteiger partial charge on any atom is 0.387 e. The molecule has 0 aromatic heterocycles. The van der Waals surface area contributed by atoms with Crippen molar-refractivity contribution in [3.05, 3.63) is 63.9 Å². The second-order valence-corrected chi connectivity index (χ2v) is 6.33. The molecule has 0 aliphatic rings. The summed E-state index contributed by atoms with van der Waals surface area (Å²) in [5.74, 6) is -1.73. The van der Waals surface area contributed by atoms with Crippen LogP contribution in [0.25, 0.3) is 0 Å². The molecular weight excluding hydrogens is 431 g/mol. The summed E-state index contributed by atoms with van der Waals surface area (Å²) in [7, 11) is 1.51. The highest BCUT2D eigenvalue weighted by Gasteiger charge is 2.16. The lowest BCUT2D eigenvalue weighted by molar-refractivity contribution is -0.133. The molecule has 0 saturated heterocycles. The monoisotopic (exact) mass is 445 g/mol. The number of nitrogens with zero attached hydrogens (tertiary/aromatic N) is 1. The summed E-state index contributed by atoms with van der Waals surface area (Å²) in [5, 5.41) is 0. The van der Waals surface area contributed by atoms with E-state index >= 15 is 0 Å². The van der Waals surface area contributed by atoms with Crippen LogP contribution < -0.4 is 4.74 Å². The number of esters is 1. The number of hydrogen-bond acceptors (Lipinski definition) is 4. The molecule has 0 radical (unpaired) electrons. The number of alkyl halides is 2. The van der Waals surface area contributed by atoms with Gasteiger partial charge in [0.15, 0.2) is 6.61 Å². The molecule has 0 bridgehead atoms. The molecule has 2 aromatic carbocycles. The van der Waals surface area contributed by atoms with Crippen LogP contribution in [0.3, 0.4) is 0 Å². The zero-order chi connectivity index (χ0) is 20.0. The molecule has 0 N–H and O–H groups in total. The predicted octanol–water partition coefficient (Wildman–Crippen LogP) is 4.01. The fourth-order valence-corrected chi connectivity index (χ4v) is 2.62. The Balaban J connectivity index is 1.87. The van der Waals surface area contributed by atoms with E-state index in [1.54, 1.807) is 12.1 Å². The first-order chi connectivity index (χ1) is 12.8. The molecule has 5 nitrogen and oxygen atoms in total. The van der Waals surface area contributed by atoms with E-state index in [9.17, 15) is 22.8 Å². The summed E-state index contributed by atoms with van der Waals surface area (Å²) >= 11 is 3.06. The zero-order valence-electron chi connectivity index (χ0n) is 14.1. The Morgan fingerprint density at radius 2 is 1.81 bits per heavy atom. The second kappa shape index (κ2) is 9.40. The van der Waals surface area contributed by atoms with Crippen molar-refractivity contribution in [1.82, 2.24) is 4.90 Å². The zero-order valence-corrected chi connectivity index (χ0v) is 15.7. The summed E-state index contributed by atoms with van der Waals surface area (Å²) in [6, 6.07) is 9.30. The molecule has 144 valence electrons. The van der Waals surface area contributed by atoms with Crippen LogP contribution in [0.2, 0.25) is 0 Å². The molecule has 0 aliphatic heterocycles. The highest BCUT2D eigenvalue weighted by atomic mass is 79.9. The van der Waals surface area contributed by atoms with Crippen LogP contribution in [-0.2, 0) is 16.1 Å². The van der Waals surface area contributed by atoms with Crippen LogP contribution in [0.5, 0.6) is 5.75 Å². The average molecular weight is 446 g/mol. The quantitative estimate of drug-likeness (QED) is 0.604. The first kappa shape index (κ1) is 20.8. The molecule has 0 heterocycles. The van der Waals surface area contributed by atoms with E-state index in [1.807, 2.05) is 0 Å². The van der Waals surface area contributed by atoms with E-state index in [0.717, 1.165) is 12.1 Å². The fraction of sp³-hybridized carbons (Fsp3) is 0.222. The van der Waals surface area contributed by atoms with E-state index in [-0.39, 0.29) is 22.3 Å². The first-order valence-corrected chi connectivity index (χ1v) is 8.45. The van der Waals surface area contributed by atoms with Crippen LogP contribution in [0.15, 0.2) is 46.9 Å². The predicted molar refractivity (Wildman–Crippen MR) is 93.9 cm³/mol. The van der Waals surface area contributed by atoms with Gasteiger partial charge in [-0.15, -0.1) is 0 Å². The number of carbonyl (C=O) groups excluding carboxylic acids is 2. The van der Waals surface area contributed by atoms with Crippen molar-refractivity contribution in [2.45, 2.75) is 13.2 Å². The number of rotatable bonds is 7. The summed E-state index contributed by atoms with van der Waals surface area (Å²) in [5.41, 5.74) is 0.779. The molecule has 0 aliphatic carbocycles.